The number of carbonyl (C=O) groups is 2. The van der Waals surface area contributed by atoms with E-state index < -0.39 is 22.8 Å². The first kappa shape index (κ1) is 32.2. The summed E-state index contributed by atoms with van der Waals surface area (Å²) in [6, 6.07) is -1.51. The largest absolute Gasteiger partial charge is 0.352 e. The minimum absolute atomic E-state index is 0.0166. The van der Waals surface area contributed by atoms with E-state index in [0.29, 0.717) is 25.8 Å². The van der Waals surface area contributed by atoms with Gasteiger partial charge < -0.3 is 33.6 Å². The van der Waals surface area contributed by atoms with Gasteiger partial charge in [0, 0.05) is 17.4 Å². The Labute approximate surface area is 204 Å². The van der Waals surface area contributed by atoms with Gasteiger partial charge in [0.2, 0.25) is 11.8 Å². The summed E-state index contributed by atoms with van der Waals surface area (Å²) in [6.07, 6.45) is 1.98. The van der Waals surface area contributed by atoms with E-state index in [1.165, 1.54) is 0 Å². The number of hydrogen-bond acceptors (Lipinski definition) is 6. The molecule has 0 radical (unpaired) electrons. The minimum atomic E-state index is -0.697. The van der Waals surface area contributed by atoms with Crippen LogP contribution in [0.25, 0.3) is 0 Å². The summed E-state index contributed by atoms with van der Waals surface area (Å²) in [7, 11) is 2.61. The molecule has 8 nitrogen and oxygen atoms in total. The van der Waals surface area contributed by atoms with E-state index >= 15 is 0 Å². The molecule has 33 heavy (non-hydrogen) atoms. The van der Waals surface area contributed by atoms with Crippen molar-refractivity contribution in [3.05, 3.63) is 0 Å². The van der Waals surface area contributed by atoms with Crippen molar-refractivity contribution in [1.29, 1.82) is 0 Å². The van der Waals surface area contributed by atoms with E-state index in [2.05, 4.69) is 47.6 Å². The van der Waals surface area contributed by atoms with Gasteiger partial charge in [0.15, 0.2) is 0 Å². The maximum absolute atomic E-state index is 13.1. The average molecular weight is 489 g/mol. The van der Waals surface area contributed by atoms with Gasteiger partial charge in [-0.05, 0) is 62.3 Å². The lowest BCUT2D eigenvalue weighted by Gasteiger charge is -2.41. The Morgan fingerprint density at radius 1 is 0.909 bits per heavy atom. The van der Waals surface area contributed by atoms with Gasteiger partial charge in [-0.25, -0.2) is 0 Å². The van der Waals surface area contributed by atoms with Crippen molar-refractivity contribution in [1.82, 2.24) is 10.6 Å². The molecule has 0 aliphatic heterocycles. The first-order valence-corrected chi connectivity index (χ1v) is 12.7. The van der Waals surface area contributed by atoms with Crippen molar-refractivity contribution in [2.75, 3.05) is 6.54 Å². The quantitative estimate of drug-likeness (QED) is 0.216. The molecule has 0 saturated carbocycles. The number of hydrogen-bond donors (Lipinski definition) is 6. The molecule has 0 bridgehead atoms. The third-order valence-electron chi connectivity index (χ3n) is 6.41. The molecule has 2 amide bonds. The topological polar surface area (TPSA) is 162 Å². The first-order valence-electron chi connectivity index (χ1n) is 12.1. The van der Waals surface area contributed by atoms with E-state index in [9.17, 15) is 9.59 Å². The van der Waals surface area contributed by atoms with Gasteiger partial charge in [-0.1, -0.05) is 48.5 Å². The molecule has 0 aliphatic rings. The smallest absolute Gasteiger partial charge is 0.237 e. The Morgan fingerprint density at radius 2 is 1.42 bits per heavy atom. The second-order valence-electron chi connectivity index (χ2n) is 12.2. The number of nitrogens with one attached hydrogen (secondary N) is 2. The summed E-state index contributed by atoms with van der Waals surface area (Å²) >= 11 is 0. The zero-order chi connectivity index (χ0) is 26.4. The summed E-state index contributed by atoms with van der Waals surface area (Å²) in [4.78, 5) is 25.7. The normalized spacial score (nSPS) is 20.1. The molecular weight excluding hydrogens is 435 g/mol. The summed E-state index contributed by atoms with van der Waals surface area (Å²) < 4.78 is 0. The van der Waals surface area contributed by atoms with Crippen molar-refractivity contribution in [2.24, 2.45) is 45.6 Å². The minimum Gasteiger partial charge on any atom is -0.352 e. The molecule has 0 aliphatic carbocycles. The van der Waals surface area contributed by atoms with Crippen LogP contribution in [0.2, 0.25) is 0 Å². The van der Waals surface area contributed by atoms with Crippen LogP contribution in [0, 0.1) is 22.7 Å². The van der Waals surface area contributed by atoms with Crippen molar-refractivity contribution in [3.8, 4) is 0 Å². The van der Waals surface area contributed by atoms with Crippen LogP contribution in [0.15, 0.2) is 0 Å². The van der Waals surface area contributed by atoms with Crippen LogP contribution < -0.4 is 33.6 Å². The lowest BCUT2D eigenvalue weighted by Crippen LogP contribution is -2.58. The van der Waals surface area contributed by atoms with Gasteiger partial charge in [0.25, 0.3) is 0 Å². The summed E-state index contributed by atoms with van der Waals surface area (Å²) in [6.45, 7) is 18.6. The van der Waals surface area contributed by atoms with Crippen LogP contribution in [0.1, 0.15) is 81.6 Å². The Balaban J connectivity index is 5.25. The van der Waals surface area contributed by atoms with Crippen LogP contribution in [0.4, 0.5) is 0 Å². The van der Waals surface area contributed by atoms with Crippen LogP contribution in [-0.2, 0) is 9.59 Å². The third kappa shape index (κ3) is 11.5. The number of nitrogens with two attached hydrogens (primary N) is 4. The van der Waals surface area contributed by atoms with Gasteiger partial charge in [-0.15, -0.1) is 9.24 Å². The number of amides is 2. The highest BCUT2D eigenvalue weighted by Crippen LogP contribution is 2.34. The van der Waals surface area contributed by atoms with Crippen LogP contribution in [-0.4, -0.2) is 47.8 Å². The molecule has 0 aromatic rings. The summed E-state index contributed by atoms with van der Waals surface area (Å²) in [5, 5.41) is 5.72. The fraction of sp³-hybridized carbons (Fsp3) is 0.917. The van der Waals surface area contributed by atoms with Gasteiger partial charge >= 0.3 is 0 Å². The monoisotopic (exact) mass is 488 g/mol. The Hall–Kier alpha value is -0.790. The molecule has 0 aromatic carbocycles. The highest BCUT2D eigenvalue weighted by Gasteiger charge is 2.39. The fourth-order valence-electron chi connectivity index (χ4n) is 4.69. The van der Waals surface area contributed by atoms with Gasteiger partial charge in [0.05, 0.1) is 12.1 Å². The predicted octanol–water partition coefficient (Wildman–Crippen LogP) is 1.65. The van der Waals surface area contributed by atoms with Gasteiger partial charge in [-0.2, -0.15) is 0 Å². The SMILES string of the molecule is CC(CC(C)C(NC(=O)C(N)C(C)(C)CC(C)(N)P)C(C)(C)C)NC(=O)C(N)C(C)CCN. The standard InChI is InChI=1S/C24H53N6O2P/c1-14(10-11-25)17(26)20(31)29-16(3)12-15(2)19(22(4,5)6)30-21(32)18(27)23(7,8)13-24(9,28)33/h14-19H,10-13,25-28,33H2,1-9H3,(H,29,31)(H,30,32). The number of carbonyl (C=O) groups excluding carboxylic acids is 2. The Morgan fingerprint density at radius 3 is 1.85 bits per heavy atom. The molecule has 0 saturated heterocycles. The maximum atomic E-state index is 13.1. The van der Waals surface area contributed by atoms with Gasteiger partial charge in [0.1, 0.15) is 0 Å². The molecule has 9 heteroatoms. The van der Waals surface area contributed by atoms with Crippen LogP contribution >= 0.6 is 9.24 Å². The second-order valence-corrected chi connectivity index (χ2v) is 13.5. The highest BCUT2D eigenvalue weighted by molar-refractivity contribution is 7.18. The zero-order valence-electron chi connectivity index (χ0n) is 22.5. The third-order valence-corrected chi connectivity index (χ3v) is 6.62. The van der Waals surface area contributed by atoms with Gasteiger partial charge in [-0.3, -0.25) is 9.59 Å². The van der Waals surface area contributed by atoms with E-state index in [4.69, 9.17) is 22.9 Å². The average Bonchev–Trinajstić information content (AvgIpc) is 2.61. The first-order chi connectivity index (χ1) is 14.7. The van der Waals surface area contributed by atoms with E-state index in [1.807, 2.05) is 34.6 Å². The van der Waals surface area contributed by atoms with E-state index in [-0.39, 0.29) is 41.1 Å². The van der Waals surface area contributed by atoms with Crippen molar-refractivity contribution in [2.45, 2.75) is 111 Å². The van der Waals surface area contributed by atoms with Crippen LogP contribution in [0.3, 0.4) is 0 Å². The lowest BCUT2D eigenvalue weighted by atomic mass is 9.75. The van der Waals surface area contributed by atoms with E-state index in [1.54, 1.807) is 0 Å². The fourth-order valence-corrected chi connectivity index (χ4v) is 5.22. The van der Waals surface area contributed by atoms with Crippen molar-refractivity contribution < 1.29 is 9.59 Å². The molecule has 0 fully saturated rings. The van der Waals surface area contributed by atoms with Crippen molar-refractivity contribution in [3.63, 3.8) is 0 Å². The molecule has 0 spiro atoms. The number of rotatable bonds is 13. The Kier molecular flexibility index (Phi) is 12.5. The highest BCUT2D eigenvalue weighted by atomic mass is 31.0. The Bertz CT molecular complexity index is 629. The lowest BCUT2D eigenvalue weighted by molar-refractivity contribution is -0.127. The van der Waals surface area contributed by atoms with Crippen molar-refractivity contribution >= 4 is 21.1 Å². The molecule has 0 aromatic heterocycles. The van der Waals surface area contributed by atoms with Crippen LogP contribution in [0.5, 0.6) is 0 Å². The maximum Gasteiger partial charge on any atom is 0.237 e. The summed E-state index contributed by atoms with van der Waals surface area (Å²) in [5.41, 5.74) is 23.6. The van der Waals surface area contributed by atoms with E-state index in [0.717, 1.165) is 0 Å². The zero-order valence-corrected chi connectivity index (χ0v) is 23.7. The second kappa shape index (κ2) is 12.8. The molecule has 8 unspecified atom stereocenters. The molecule has 196 valence electrons. The molecule has 10 N–H and O–H groups in total. The molecule has 0 heterocycles. The molecule has 8 atom stereocenters. The summed E-state index contributed by atoms with van der Waals surface area (Å²) in [5.74, 6) is -0.241. The molecule has 0 rings (SSSR count). The predicted molar refractivity (Wildman–Crippen MR) is 142 cm³/mol. The molecular formula is C24H53N6O2P.